The van der Waals surface area contributed by atoms with Crippen LogP contribution in [0.2, 0.25) is 0 Å². The van der Waals surface area contributed by atoms with Gasteiger partial charge in [-0.15, -0.1) is 11.3 Å². The predicted octanol–water partition coefficient (Wildman–Crippen LogP) is 4.46. The number of nitrogens with one attached hydrogen (secondary N) is 1. The van der Waals surface area contributed by atoms with Crippen molar-refractivity contribution in [1.29, 1.82) is 0 Å². The first-order valence-electron chi connectivity index (χ1n) is 8.54. The largest absolute Gasteiger partial charge is 0.497 e. The first kappa shape index (κ1) is 18.2. The van der Waals surface area contributed by atoms with Gasteiger partial charge >= 0.3 is 5.97 Å². The fraction of sp³-hybridized carbons (Fsp3) is 0.300. The van der Waals surface area contributed by atoms with Crippen LogP contribution in [-0.4, -0.2) is 25.6 Å². The van der Waals surface area contributed by atoms with Gasteiger partial charge in [0.1, 0.15) is 10.8 Å². The molecule has 3 rings (SSSR count). The predicted molar refractivity (Wildman–Crippen MR) is 103 cm³/mol. The summed E-state index contributed by atoms with van der Waals surface area (Å²) in [5.74, 6) is 0.517. The van der Waals surface area contributed by atoms with Gasteiger partial charge in [-0.05, 0) is 60.4 Å². The topological polar surface area (TPSA) is 64.6 Å². The number of amides is 1. The van der Waals surface area contributed by atoms with E-state index in [4.69, 9.17) is 9.47 Å². The van der Waals surface area contributed by atoms with E-state index < -0.39 is 0 Å². The molecule has 0 saturated heterocycles. The highest BCUT2D eigenvalue weighted by molar-refractivity contribution is 7.15. The Balaban J connectivity index is 1.72. The van der Waals surface area contributed by atoms with Crippen molar-refractivity contribution in [3.05, 3.63) is 52.4 Å². The normalized spacial score (nSPS) is 13.6. The minimum Gasteiger partial charge on any atom is -0.497 e. The average molecular weight is 371 g/mol. The molecule has 1 aromatic carbocycles. The first-order chi connectivity index (χ1) is 12.6. The van der Waals surface area contributed by atoms with Crippen LogP contribution < -0.4 is 10.1 Å². The zero-order valence-corrected chi connectivity index (χ0v) is 15.6. The lowest BCUT2D eigenvalue weighted by Gasteiger charge is -2.07. The summed E-state index contributed by atoms with van der Waals surface area (Å²) in [6.07, 6.45) is 5.32. The number of anilines is 1. The van der Waals surface area contributed by atoms with Crippen LogP contribution in [0.4, 0.5) is 5.00 Å². The third kappa shape index (κ3) is 4.32. The average Bonchev–Trinajstić information content (AvgIpc) is 3.41. The van der Waals surface area contributed by atoms with Gasteiger partial charge in [-0.25, -0.2) is 4.79 Å². The van der Waals surface area contributed by atoms with Crippen molar-refractivity contribution in [3.63, 3.8) is 0 Å². The van der Waals surface area contributed by atoms with Gasteiger partial charge in [0.15, 0.2) is 0 Å². The first-order valence-corrected chi connectivity index (χ1v) is 9.42. The molecule has 1 saturated carbocycles. The number of carbonyl (C=O) groups is 2. The van der Waals surface area contributed by atoms with E-state index in [-0.39, 0.29) is 11.9 Å². The van der Waals surface area contributed by atoms with E-state index in [0.717, 1.165) is 29.7 Å². The second-order valence-corrected chi connectivity index (χ2v) is 6.87. The molecule has 1 aliphatic carbocycles. The van der Waals surface area contributed by atoms with Crippen molar-refractivity contribution < 1.29 is 19.1 Å². The Kier molecular flexibility index (Phi) is 5.73. The molecule has 0 aliphatic heterocycles. The van der Waals surface area contributed by atoms with Crippen molar-refractivity contribution in [2.75, 3.05) is 19.0 Å². The van der Waals surface area contributed by atoms with Crippen molar-refractivity contribution in [1.82, 2.24) is 0 Å². The van der Waals surface area contributed by atoms with E-state index >= 15 is 0 Å². The summed E-state index contributed by atoms with van der Waals surface area (Å²) in [5.41, 5.74) is 2.38. The molecule has 0 unspecified atom stereocenters. The Labute approximate surface area is 156 Å². The molecule has 1 amide bonds. The fourth-order valence-electron chi connectivity index (χ4n) is 2.61. The number of esters is 1. The minimum atomic E-state index is -0.370. The zero-order chi connectivity index (χ0) is 18.5. The highest BCUT2D eigenvalue weighted by Gasteiger charge is 2.32. The van der Waals surface area contributed by atoms with Crippen molar-refractivity contribution in [3.8, 4) is 5.75 Å². The van der Waals surface area contributed by atoms with Gasteiger partial charge < -0.3 is 14.8 Å². The van der Waals surface area contributed by atoms with Gasteiger partial charge in [0, 0.05) is 6.08 Å². The van der Waals surface area contributed by atoms with Crippen LogP contribution in [0.25, 0.3) is 6.08 Å². The van der Waals surface area contributed by atoms with E-state index in [9.17, 15) is 9.59 Å². The highest BCUT2D eigenvalue weighted by atomic mass is 32.1. The van der Waals surface area contributed by atoms with Crippen LogP contribution in [0.15, 0.2) is 35.7 Å². The monoisotopic (exact) mass is 371 g/mol. The van der Waals surface area contributed by atoms with Crippen molar-refractivity contribution in [2.24, 2.45) is 0 Å². The molecule has 0 bridgehead atoms. The molecule has 5 nitrogen and oxygen atoms in total. The maximum absolute atomic E-state index is 12.3. The second kappa shape index (κ2) is 8.19. The number of ether oxygens (including phenoxy) is 2. The lowest BCUT2D eigenvalue weighted by molar-refractivity contribution is -0.111. The Morgan fingerprint density at radius 3 is 2.62 bits per heavy atom. The summed E-state index contributed by atoms with van der Waals surface area (Å²) in [6, 6.07) is 7.39. The maximum Gasteiger partial charge on any atom is 0.341 e. The maximum atomic E-state index is 12.3. The van der Waals surface area contributed by atoms with Crippen molar-refractivity contribution in [2.45, 2.75) is 25.7 Å². The summed E-state index contributed by atoms with van der Waals surface area (Å²) in [4.78, 5) is 24.6. The third-order valence-electron chi connectivity index (χ3n) is 4.10. The van der Waals surface area contributed by atoms with Gasteiger partial charge in [0.25, 0.3) is 0 Å². The van der Waals surface area contributed by atoms with Gasteiger partial charge in [-0.3, -0.25) is 4.79 Å². The lowest BCUT2D eigenvalue weighted by atomic mass is 10.1. The SMILES string of the molecule is CCOC(=O)c1c(C2CC2)csc1NC(=O)/C=C/c1ccc(OC)cc1. The van der Waals surface area contributed by atoms with Gasteiger partial charge in [0.05, 0.1) is 19.3 Å². The number of rotatable bonds is 7. The Morgan fingerprint density at radius 1 is 1.27 bits per heavy atom. The van der Waals surface area contributed by atoms with E-state index in [2.05, 4.69) is 5.32 Å². The Morgan fingerprint density at radius 2 is 2.00 bits per heavy atom. The lowest BCUT2D eigenvalue weighted by Crippen LogP contribution is -2.13. The van der Waals surface area contributed by atoms with Crippen molar-refractivity contribution >= 4 is 34.3 Å². The third-order valence-corrected chi connectivity index (χ3v) is 5.01. The zero-order valence-electron chi connectivity index (χ0n) is 14.8. The standard InChI is InChI=1S/C20H21NO4S/c1-3-25-20(23)18-16(14-7-8-14)12-26-19(18)21-17(22)11-6-13-4-9-15(24-2)10-5-13/h4-6,9-12,14H,3,7-8H2,1-2H3,(H,21,22)/b11-6+. The van der Waals surface area contributed by atoms with E-state index in [1.165, 1.54) is 17.4 Å². The molecule has 1 heterocycles. The van der Waals surface area contributed by atoms with Crippen LogP contribution in [0.5, 0.6) is 5.75 Å². The van der Waals surface area contributed by atoms with Gasteiger partial charge in [0.2, 0.25) is 5.91 Å². The molecule has 1 N–H and O–H groups in total. The minimum absolute atomic E-state index is 0.282. The number of methoxy groups -OCH3 is 1. The van der Waals surface area contributed by atoms with E-state index in [1.54, 1.807) is 20.1 Å². The Bertz CT molecular complexity index is 819. The molecule has 1 aliphatic rings. The Hall–Kier alpha value is -2.60. The molecule has 0 atom stereocenters. The van der Waals surface area contributed by atoms with Gasteiger partial charge in [-0.2, -0.15) is 0 Å². The number of benzene rings is 1. The van der Waals surface area contributed by atoms with Gasteiger partial charge in [-0.1, -0.05) is 12.1 Å². The summed E-state index contributed by atoms with van der Waals surface area (Å²) in [6.45, 7) is 2.08. The van der Waals surface area contributed by atoms with Crippen LogP contribution in [-0.2, 0) is 9.53 Å². The number of thiophene rings is 1. The molecule has 6 heteroatoms. The molecular formula is C20H21NO4S. The smallest absolute Gasteiger partial charge is 0.341 e. The molecule has 2 aromatic rings. The van der Waals surface area contributed by atoms with Crippen LogP contribution in [0.1, 0.15) is 47.2 Å². The summed E-state index contributed by atoms with van der Waals surface area (Å²) in [7, 11) is 1.61. The van der Waals surface area contributed by atoms with E-state index in [1.807, 2.05) is 29.6 Å². The second-order valence-electron chi connectivity index (χ2n) is 5.99. The summed E-state index contributed by atoms with van der Waals surface area (Å²) >= 11 is 1.37. The van der Waals surface area contributed by atoms with Crippen LogP contribution in [0, 0.1) is 0 Å². The quantitative estimate of drug-likeness (QED) is 0.576. The highest BCUT2D eigenvalue weighted by Crippen LogP contribution is 2.46. The molecule has 1 fully saturated rings. The van der Waals surface area contributed by atoms with Crippen LogP contribution >= 0.6 is 11.3 Å². The molecule has 1 aromatic heterocycles. The number of carbonyl (C=O) groups excluding carboxylic acids is 2. The molecular weight excluding hydrogens is 350 g/mol. The summed E-state index contributed by atoms with van der Waals surface area (Å²) in [5, 5.41) is 5.31. The fourth-order valence-corrected chi connectivity index (χ4v) is 3.65. The summed E-state index contributed by atoms with van der Waals surface area (Å²) < 4.78 is 10.3. The van der Waals surface area contributed by atoms with Crippen LogP contribution in [0.3, 0.4) is 0 Å². The molecule has 136 valence electrons. The van der Waals surface area contributed by atoms with E-state index in [0.29, 0.717) is 23.1 Å². The molecule has 0 radical (unpaired) electrons. The molecule has 26 heavy (non-hydrogen) atoms. The number of hydrogen-bond donors (Lipinski definition) is 1. The molecule has 0 spiro atoms. The number of hydrogen-bond acceptors (Lipinski definition) is 5.